The van der Waals surface area contributed by atoms with Gasteiger partial charge in [-0.15, -0.1) is 0 Å². The number of hydrogen-bond acceptors (Lipinski definition) is 3. The van der Waals surface area contributed by atoms with Crippen molar-refractivity contribution in [2.45, 2.75) is 40.2 Å². The molecule has 0 radical (unpaired) electrons. The van der Waals surface area contributed by atoms with Crippen LogP contribution in [0.2, 0.25) is 0 Å². The summed E-state index contributed by atoms with van der Waals surface area (Å²) in [4.78, 5) is 27.2. The standard InChI is InChI=1S/C18H24N2O3/c1-10(2)16(11(3)4)20-15(21)9-13-17(22)12-7-5-6-8-14(12)19-18(13)23/h5-8,10-11,16H,9H2,1-4H3,(H,20,21)(H2,19,22,23). The van der Waals surface area contributed by atoms with Gasteiger partial charge in [0.1, 0.15) is 5.75 Å². The Morgan fingerprint density at radius 2 is 1.78 bits per heavy atom. The number of para-hydroxylation sites is 1. The minimum absolute atomic E-state index is 0.0316. The Hall–Kier alpha value is -2.30. The van der Waals surface area contributed by atoms with Crippen molar-refractivity contribution in [1.82, 2.24) is 10.3 Å². The summed E-state index contributed by atoms with van der Waals surface area (Å²) in [6.07, 6.45) is -0.137. The zero-order valence-corrected chi connectivity index (χ0v) is 14.0. The number of pyridine rings is 1. The van der Waals surface area contributed by atoms with Crippen molar-refractivity contribution in [2.24, 2.45) is 11.8 Å². The monoisotopic (exact) mass is 316 g/mol. The van der Waals surface area contributed by atoms with E-state index < -0.39 is 5.56 Å². The first-order chi connectivity index (χ1) is 10.8. The van der Waals surface area contributed by atoms with Gasteiger partial charge in [0, 0.05) is 11.4 Å². The highest BCUT2D eigenvalue weighted by Crippen LogP contribution is 2.24. The minimum Gasteiger partial charge on any atom is -0.507 e. The van der Waals surface area contributed by atoms with Crippen molar-refractivity contribution in [3.05, 3.63) is 40.2 Å². The fourth-order valence-electron chi connectivity index (χ4n) is 2.93. The number of rotatable bonds is 5. The fourth-order valence-corrected chi connectivity index (χ4v) is 2.93. The first-order valence-corrected chi connectivity index (χ1v) is 7.93. The highest BCUT2D eigenvalue weighted by molar-refractivity contribution is 5.88. The molecule has 0 bridgehead atoms. The van der Waals surface area contributed by atoms with Crippen LogP contribution in [0.3, 0.4) is 0 Å². The molecule has 2 rings (SSSR count). The van der Waals surface area contributed by atoms with Crippen LogP contribution < -0.4 is 10.9 Å². The quantitative estimate of drug-likeness (QED) is 0.793. The van der Waals surface area contributed by atoms with E-state index in [2.05, 4.69) is 10.3 Å². The lowest BCUT2D eigenvalue weighted by Gasteiger charge is -2.26. The van der Waals surface area contributed by atoms with Gasteiger partial charge in [-0.25, -0.2) is 0 Å². The van der Waals surface area contributed by atoms with Gasteiger partial charge in [-0.2, -0.15) is 0 Å². The number of nitrogens with one attached hydrogen (secondary N) is 2. The van der Waals surface area contributed by atoms with Crippen molar-refractivity contribution in [1.29, 1.82) is 0 Å². The van der Waals surface area contributed by atoms with Crippen LogP contribution in [0.15, 0.2) is 29.1 Å². The van der Waals surface area contributed by atoms with E-state index in [1.54, 1.807) is 24.3 Å². The number of carbonyl (C=O) groups excluding carboxylic acids is 1. The molecule has 23 heavy (non-hydrogen) atoms. The molecule has 2 aromatic rings. The normalized spacial score (nSPS) is 11.6. The summed E-state index contributed by atoms with van der Waals surface area (Å²) < 4.78 is 0. The van der Waals surface area contributed by atoms with Crippen LogP contribution >= 0.6 is 0 Å². The lowest BCUT2D eigenvalue weighted by atomic mass is 9.93. The van der Waals surface area contributed by atoms with Gasteiger partial charge in [0.15, 0.2) is 0 Å². The van der Waals surface area contributed by atoms with Crippen molar-refractivity contribution in [2.75, 3.05) is 0 Å². The van der Waals surface area contributed by atoms with Gasteiger partial charge in [-0.1, -0.05) is 39.8 Å². The number of carbonyl (C=O) groups is 1. The lowest BCUT2D eigenvalue weighted by Crippen LogP contribution is -2.43. The highest BCUT2D eigenvalue weighted by atomic mass is 16.3. The van der Waals surface area contributed by atoms with Crippen LogP contribution in [-0.4, -0.2) is 22.0 Å². The van der Waals surface area contributed by atoms with Crippen LogP contribution in [0, 0.1) is 11.8 Å². The Kier molecular flexibility index (Phi) is 5.08. The van der Waals surface area contributed by atoms with Crippen LogP contribution in [-0.2, 0) is 11.2 Å². The van der Waals surface area contributed by atoms with Crippen molar-refractivity contribution in [3.8, 4) is 5.75 Å². The molecule has 0 atom stereocenters. The number of amides is 1. The Bertz CT molecular complexity index is 754. The second-order valence-corrected chi connectivity index (χ2v) is 6.58. The van der Waals surface area contributed by atoms with Crippen LogP contribution in [0.1, 0.15) is 33.3 Å². The first kappa shape index (κ1) is 17.1. The molecule has 0 aliphatic rings. The summed E-state index contributed by atoms with van der Waals surface area (Å²) in [7, 11) is 0. The molecular formula is C18H24N2O3. The third-order valence-electron chi connectivity index (χ3n) is 4.09. The van der Waals surface area contributed by atoms with Crippen LogP contribution in [0.25, 0.3) is 10.9 Å². The van der Waals surface area contributed by atoms with Gasteiger partial charge in [0.05, 0.1) is 17.5 Å². The number of aromatic amines is 1. The molecule has 1 aromatic carbocycles. The van der Waals surface area contributed by atoms with E-state index in [0.717, 1.165) is 0 Å². The summed E-state index contributed by atoms with van der Waals surface area (Å²) in [6, 6.07) is 7.02. The third kappa shape index (κ3) is 3.73. The van der Waals surface area contributed by atoms with E-state index in [1.165, 1.54) is 0 Å². The Morgan fingerprint density at radius 1 is 1.17 bits per heavy atom. The second kappa shape index (κ2) is 6.86. The van der Waals surface area contributed by atoms with E-state index in [4.69, 9.17) is 0 Å². The number of fused-ring (bicyclic) bond motifs is 1. The number of hydrogen-bond donors (Lipinski definition) is 3. The molecule has 0 aliphatic carbocycles. The molecule has 0 saturated carbocycles. The zero-order valence-electron chi connectivity index (χ0n) is 14.0. The number of aromatic hydroxyl groups is 1. The molecule has 0 unspecified atom stereocenters. The van der Waals surface area contributed by atoms with E-state index in [0.29, 0.717) is 22.7 Å². The molecule has 0 spiro atoms. The predicted molar refractivity (Wildman–Crippen MR) is 91.5 cm³/mol. The molecule has 3 N–H and O–H groups in total. The predicted octanol–water partition coefficient (Wildman–Crippen LogP) is 2.57. The van der Waals surface area contributed by atoms with Gasteiger partial charge in [-0.05, 0) is 24.0 Å². The average Bonchev–Trinajstić information content (AvgIpc) is 2.48. The lowest BCUT2D eigenvalue weighted by molar-refractivity contribution is -0.121. The second-order valence-electron chi connectivity index (χ2n) is 6.58. The largest absolute Gasteiger partial charge is 0.507 e. The number of H-pyrrole nitrogens is 1. The van der Waals surface area contributed by atoms with Crippen LogP contribution in [0.4, 0.5) is 0 Å². The molecular weight excluding hydrogens is 292 g/mol. The van der Waals surface area contributed by atoms with Gasteiger partial charge in [0.2, 0.25) is 5.91 Å². The molecule has 1 amide bonds. The number of aromatic nitrogens is 1. The first-order valence-electron chi connectivity index (χ1n) is 7.93. The highest BCUT2D eigenvalue weighted by Gasteiger charge is 2.21. The Balaban J connectivity index is 2.28. The zero-order chi connectivity index (χ0) is 17.1. The summed E-state index contributed by atoms with van der Waals surface area (Å²) in [6.45, 7) is 8.19. The summed E-state index contributed by atoms with van der Waals surface area (Å²) >= 11 is 0. The molecule has 0 fully saturated rings. The van der Waals surface area contributed by atoms with E-state index in [9.17, 15) is 14.7 Å². The van der Waals surface area contributed by atoms with Crippen molar-refractivity contribution < 1.29 is 9.90 Å². The van der Waals surface area contributed by atoms with Gasteiger partial charge < -0.3 is 15.4 Å². The van der Waals surface area contributed by atoms with E-state index >= 15 is 0 Å². The molecule has 124 valence electrons. The van der Waals surface area contributed by atoms with Crippen LogP contribution in [0.5, 0.6) is 5.75 Å². The van der Waals surface area contributed by atoms with Crippen molar-refractivity contribution >= 4 is 16.8 Å². The van der Waals surface area contributed by atoms with Gasteiger partial charge in [0.25, 0.3) is 5.56 Å². The Labute approximate surface area is 135 Å². The fraction of sp³-hybridized carbons (Fsp3) is 0.444. The maximum Gasteiger partial charge on any atom is 0.255 e. The van der Waals surface area contributed by atoms with E-state index in [1.807, 2.05) is 27.7 Å². The topological polar surface area (TPSA) is 82.2 Å². The van der Waals surface area contributed by atoms with Gasteiger partial charge in [-0.3, -0.25) is 9.59 Å². The maximum atomic E-state index is 12.3. The number of benzene rings is 1. The molecule has 5 heteroatoms. The molecule has 1 aromatic heterocycles. The average molecular weight is 316 g/mol. The summed E-state index contributed by atoms with van der Waals surface area (Å²) in [5, 5.41) is 13.8. The maximum absolute atomic E-state index is 12.3. The molecule has 5 nitrogen and oxygen atoms in total. The molecule has 0 saturated heterocycles. The SMILES string of the molecule is CC(C)C(NC(=O)Cc1c(O)c2ccccc2[nH]c1=O)C(C)C. The molecule has 0 aliphatic heterocycles. The summed E-state index contributed by atoms with van der Waals surface area (Å²) in [5.41, 5.74) is 0.232. The third-order valence-corrected chi connectivity index (χ3v) is 4.09. The van der Waals surface area contributed by atoms with Crippen molar-refractivity contribution in [3.63, 3.8) is 0 Å². The summed E-state index contributed by atoms with van der Waals surface area (Å²) in [5.74, 6) is 0.212. The smallest absolute Gasteiger partial charge is 0.255 e. The van der Waals surface area contributed by atoms with Gasteiger partial charge >= 0.3 is 0 Å². The van der Waals surface area contributed by atoms with E-state index in [-0.39, 0.29) is 29.7 Å². The minimum atomic E-state index is -0.429. The Morgan fingerprint density at radius 3 is 2.39 bits per heavy atom. The molecule has 1 heterocycles.